The molecule has 0 saturated carbocycles. The zero-order chi connectivity index (χ0) is 18.0. The fraction of sp³-hybridized carbons (Fsp3) is 0.565. The minimum atomic E-state index is 0.368. The van der Waals surface area contributed by atoms with Crippen molar-refractivity contribution in [1.29, 1.82) is 0 Å². The highest BCUT2D eigenvalue weighted by Gasteiger charge is 2.15. The predicted octanol–water partition coefficient (Wildman–Crippen LogP) is 5.46. The van der Waals surface area contributed by atoms with Crippen LogP contribution in [0.15, 0.2) is 36.4 Å². The first-order valence-electron chi connectivity index (χ1n) is 10.3. The molecule has 3 rings (SSSR count). The van der Waals surface area contributed by atoms with Gasteiger partial charge < -0.3 is 14.8 Å². The molecule has 0 aliphatic carbocycles. The summed E-state index contributed by atoms with van der Waals surface area (Å²) in [6, 6.07) is 12.9. The maximum atomic E-state index is 6.18. The highest BCUT2D eigenvalue weighted by Crippen LogP contribution is 2.28. The summed E-state index contributed by atoms with van der Waals surface area (Å²) in [7, 11) is 0. The number of fused-ring (bicyclic) bond motifs is 1. The topological polar surface area (TPSA) is 30.5 Å². The van der Waals surface area contributed by atoms with Crippen LogP contribution in [0.2, 0.25) is 0 Å². The summed E-state index contributed by atoms with van der Waals surface area (Å²) < 4.78 is 11.9. The highest BCUT2D eigenvalue weighted by atomic mass is 16.5. The normalized spacial score (nSPS) is 17.0. The summed E-state index contributed by atoms with van der Waals surface area (Å²) >= 11 is 0. The van der Waals surface area contributed by atoms with E-state index < -0.39 is 0 Å². The van der Waals surface area contributed by atoms with E-state index in [1.54, 1.807) is 0 Å². The summed E-state index contributed by atoms with van der Waals surface area (Å²) in [5.41, 5.74) is 1.27. The SMILES string of the molecule is CCCCCCCOc1ccc2ccccc2c1CNCC1CCCO1. The molecule has 3 heteroatoms. The number of unbranched alkanes of at least 4 members (excludes halogenated alkanes) is 4. The van der Waals surface area contributed by atoms with Gasteiger partial charge in [-0.05, 0) is 36.1 Å². The third kappa shape index (κ3) is 5.46. The van der Waals surface area contributed by atoms with Gasteiger partial charge in [-0.1, -0.05) is 62.9 Å². The van der Waals surface area contributed by atoms with E-state index in [0.29, 0.717) is 6.10 Å². The first-order valence-corrected chi connectivity index (χ1v) is 10.3. The third-order valence-electron chi connectivity index (χ3n) is 5.20. The van der Waals surface area contributed by atoms with E-state index in [0.717, 1.165) is 38.5 Å². The smallest absolute Gasteiger partial charge is 0.124 e. The molecule has 0 spiro atoms. The average molecular weight is 356 g/mol. The summed E-state index contributed by atoms with van der Waals surface area (Å²) in [5.74, 6) is 1.03. The van der Waals surface area contributed by atoms with Gasteiger partial charge in [0.1, 0.15) is 5.75 Å². The summed E-state index contributed by atoms with van der Waals surface area (Å²) in [4.78, 5) is 0. The molecule has 2 aromatic rings. The van der Waals surface area contributed by atoms with Gasteiger partial charge in [-0.3, -0.25) is 0 Å². The minimum absolute atomic E-state index is 0.368. The second kappa shape index (κ2) is 10.5. The lowest BCUT2D eigenvalue weighted by atomic mass is 10.0. The van der Waals surface area contributed by atoms with Gasteiger partial charge in [0.2, 0.25) is 0 Å². The van der Waals surface area contributed by atoms with Gasteiger partial charge in [-0.25, -0.2) is 0 Å². The molecule has 1 fully saturated rings. The van der Waals surface area contributed by atoms with Crippen LogP contribution in [0.4, 0.5) is 0 Å². The molecule has 1 saturated heterocycles. The van der Waals surface area contributed by atoms with Gasteiger partial charge >= 0.3 is 0 Å². The minimum Gasteiger partial charge on any atom is -0.493 e. The fourth-order valence-corrected chi connectivity index (χ4v) is 3.68. The van der Waals surface area contributed by atoms with E-state index >= 15 is 0 Å². The Balaban J connectivity index is 1.61. The Morgan fingerprint density at radius 2 is 1.96 bits per heavy atom. The van der Waals surface area contributed by atoms with Crippen LogP contribution in [0, 0.1) is 0 Å². The Morgan fingerprint density at radius 3 is 2.81 bits per heavy atom. The van der Waals surface area contributed by atoms with Crippen molar-refractivity contribution in [3.63, 3.8) is 0 Å². The van der Waals surface area contributed by atoms with Crippen molar-refractivity contribution in [3.05, 3.63) is 42.0 Å². The summed E-state index contributed by atoms with van der Waals surface area (Å²) in [6.07, 6.45) is 9.04. The van der Waals surface area contributed by atoms with Gasteiger partial charge in [-0.2, -0.15) is 0 Å². The van der Waals surface area contributed by atoms with Crippen LogP contribution in [0.3, 0.4) is 0 Å². The molecule has 0 aromatic heterocycles. The van der Waals surface area contributed by atoms with Gasteiger partial charge in [0.05, 0.1) is 12.7 Å². The molecule has 1 N–H and O–H groups in total. The first-order chi connectivity index (χ1) is 12.9. The van der Waals surface area contributed by atoms with E-state index in [9.17, 15) is 0 Å². The molecule has 0 radical (unpaired) electrons. The van der Waals surface area contributed by atoms with Crippen LogP contribution < -0.4 is 10.1 Å². The maximum absolute atomic E-state index is 6.18. The van der Waals surface area contributed by atoms with Gasteiger partial charge in [0, 0.05) is 25.3 Å². The van der Waals surface area contributed by atoms with Crippen LogP contribution in [0.25, 0.3) is 10.8 Å². The molecule has 0 amide bonds. The molecule has 1 aliphatic rings. The van der Waals surface area contributed by atoms with Crippen molar-refractivity contribution in [2.45, 2.75) is 64.5 Å². The monoisotopic (exact) mass is 355 g/mol. The third-order valence-corrected chi connectivity index (χ3v) is 5.20. The van der Waals surface area contributed by atoms with E-state index in [1.165, 1.54) is 54.9 Å². The summed E-state index contributed by atoms with van der Waals surface area (Å²) in [6.45, 7) is 5.71. The zero-order valence-electron chi connectivity index (χ0n) is 16.1. The Labute approximate surface area is 158 Å². The molecule has 1 heterocycles. The van der Waals surface area contributed by atoms with Gasteiger partial charge in [0.25, 0.3) is 0 Å². The molecule has 1 unspecified atom stereocenters. The van der Waals surface area contributed by atoms with Crippen molar-refractivity contribution in [1.82, 2.24) is 5.32 Å². The molecule has 1 aliphatic heterocycles. The van der Waals surface area contributed by atoms with E-state index in [-0.39, 0.29) is 0 Å². The van der Waals surface area contributed by atoms with Crippen LogP contribution in [0.1, 0.15) is 57.4 Å². The van der Waals surface area contributed by atoms with Crippen LogP contribution >= 0.6 is 0 Å². The molecule has 3 nitrogen and oxygen atoms in total. The van der Waals surface area contributed by atoms with Crippen molar-refractivity contribution in [3.8, 4) is 5.75 Å². The van der Waals surface area contributed by atoms with Crippen molar-refractivity contribution >= 4 is 10.8 Å². The largest absolute Gasteiger partial charge is 0.493 e. The predicted molar refractivity (Wildman–Crippen MR) is 109 cm³/mol. The molecule has 142 valence electrons. The first kappa shape index (κ1) is 19.2. The number of ether oxygens (including phenoxy) is 2. The molecular formula is C23H33NO2. The summed E-state index contributed by atoms with van der Waals surface area (Å²) in [5, 5.41) is 6.15. The molecule has 0 bridgehead atoms. The van der Waals surface area contributed by atoms with Gasteiger partial charge in [-0.15, -0.1) is 0 Å². The fourth-order valence-electron chi connectivity index (χ4n) is 3.68. The van der Waals surface area contributed by atoms with Crippen molar-refractivity contribution in [2.24, 2.45) is 0 Å². The van der Waals surface area contributed by atoms with Crippen LogP contribution in [0.5, 0.6) is 5.75 Å². The lowest BCUT2D eigenvalue weighted by molar-refractivity contribution is 0.110. The average Bonchev–Trinajstić information content (AvgIpc) is 3.19. The number of hydrogen-bond donors (Lipinski definition) is 1. The second-order valence-electron chi connectivity index (χ2n) is 7.29. The van der Waals surface area contributed by atoms with E-state index in [4.69, 9.17) is 9.47 Å². The zero-order valence-corrected chi connectivity index (χ0v) is 16.1. The maximum Gasteiger partial charge on any atom is 0.124 e. The molecular weight excluding hydrogens is 322 g/mol. The molecule has 2 aromatic carbocycles. The number of benzene rings is 2. The standard InChI is InChI=1S/C23H33NO2/c1-2-3-4-5-8-15-26-23-14-13-19-10-6-7-12-21(19)22(23)18-24-17-20-11-9-16-25-20/h6-7,10,12-14,20,24H,2-5,8-9,11,15-18H2,1H3. The number of hydrogen-bond acceptors (Lipinski definition) is 3. The number of rotatable bonds is 11. The molecule has 26 heavy (non-hydrogen) atoms. The number of nitrogens with one attached hydrogen (secondary N) is 1. The van der Waals surface area contributed by atoms with Crippen LogP contribution in [-0.2, 0) is 11.3 Å². The Kier molecular flexibility index (Phi) is 7.78. The lowest BCUT2D eigenvalue weighted by Crippen LogP contribution is -2.26. The highest BCUT2D eigenvalue weighted by molar-refractivity contribution is 5.87. The Morgan fingerprint density at radius 1 is 1.08 bits per heavy atom. The molecule has 1 atom stereocenters. The van der Waals surface area contributed by atoms with E-state index in [2.05, 4.69) is 48.6 Å². The lowest BCUT2D eigenvalue weighted by Gasteiger charge is -2.16. The second-order valence-corrected chi connectivity index (χ2v) is 7.29. The Bertz CT molecular complexity index is 664. The quantitative estimate of drug-likeness (QED) is 0.543. The Hall–Kier alpha value is -1.58. The van der Waals surface area contributed by atoms with Gasteiger partial charge in [0.15, 0.2) is 0 Å². The van der Waals surface area contributed by atoms with Crippen molar-refractivity contribution in [2.75, 3.05) is 19.8 Å². The van der Waals surface area contributed by atoms with Crippen LogP contribution in [-0.4, -0.2) is 25.9 Å². The van der Waals surface area contributed by atoms with E-state index in [1.807, 2.05) is 0 Å². The van der Waals surface area contributed by atoms with Crippen molar-refractivity contribution < 1.29 is 9.47 Å².